The minimum absolute atomic E-state index is 0.0227. The zero-order valence-electron chi connectivity index (χ0n) is 17.9. The van der Waals surface area contributed by atoms with Crippen LogP contribution in [-0.4, -0.2) is 33.8 Å². The van der Waals surface area contributed by atoms with E-state index in [0.717, 1.165) is 0 Å². The Morgan fingerprint density at radius 1 is 0.906 bits per heavy atom. The molecule has 0 saturated heterocycles. The van der Waals surface area contributed by atoms with Gasteiger partial charge in [0.2, 0.25) is 5.91 Å². The third-order valence-corrected chi connectivity index (χ3v) is 6.81. The molecule has 7 nitrogen and oxygen atoms in total. The number of carbonyl (C=O) groups is 2. The minimum atomic E-state index is -3.86. The van der Waals surface area contributed by atoms with E-state index in [9.17, 15) is 18.0 Å². The van der Waals surface area contributed by atoms with Crippen LogP contribution in [0.5, 0.6) is 0 Å². The summed E-state index contributed by atoms with van der Waals surface area (Å²) in [7, 11) is -2.31. The Bertz CT molecular complexity index is 1210. The van der Waals surface area contributed by atoms with Crippen LogP contribution in [0.15, 0.2) is 83.8 Å². The molecule has 3 rings (SSSR count). The topological polar surface area (TPSA) is 95.6 Å². The van der Waals surface area contributed by atoms with Crippen molar-refractivity contribution in [3.8, 4) is 0 Å². The smallest absolute Gasteiger partial charge is 0.264 e. The molecule has 0 aliphatic heterocycles. The summed E-state index contributed by atoms with van der Waals surface area (Å²) in [5.74, 6) is -0.644. The van der Waals surface area contributed by atoms with Crippen LogP contribution in [-0.2, 0) is 21.2 Å². The number of sulfonamides is 1. The Morgan fingerprint density at radius 3 is 2.28 bits per heavy atom. The molecule has 0 saturated carbocycles. The van der Waals surface area contributed by atoms with E-state index in [-0.39, 0.29) is 29.3 Å². The lowest BCUT2D eigenvalue weighted by molar-refractivity contribution is -0.119. The van der Waals surface area contributed by atoms with Crippen LogP contribution >= 0.6 is 0 Å². The van der Waals surface area contributed by atoms with Gasteiger partial charge in [0.25, 0.3) is 15.9 Å². The number of nitrogens with zero attached hydrogens (tertiary/aromatic N) is 1. The predicted molar refractivity (Wildman–Crippen MR) is 125 cm³/mol. The van der Waals surface area contributed by atoms with Gasteiger partial charge in [0.15, 0.2) is 0 Å². The highest BCUT2D eigenvalue weighted by atomic mass is 32.2. The quantitative estimate of drug-likeness (QED) is 0.548. The zero-order chi connectivity index (χ0) is 23.1. The van der Waals surface area contributed by atoms with Gasteiger partial charge in [-0.15, -0.1) is 0 Å². The lowest BCUT2D eigenvalue weighted by Gasteiger charge is -2.23. The molecule has 0 atom stereocenters. The average molecular weight is 452 g/mol. The third kappa shape index (κ3) is 5.15. The molecule has 0 heterocycles. The van der Waals surface area contributed by atoms with Gasteiger partial charge >= 0.3 is 0 Å². The van der Waals surface area contributed by atoms with Crippen LogP contribution in [0, 0.1) is 0 Å². The van der Waals surface area contributed by atoms with Crippen molar-refractivity contribution in [1.29, 1.82) is 0 Å². The molecule has 2 N–H and O–H groups in total. The van der Waals surface area contributed by atoms with Gasteiger partial charge in [-0.3, -0.25) is 13.9 Å². The molecule has 166 valence electrons. The fraction of sp³-hybridized carbons (Fsp3) is 0.167. The molecule has 2 amide bonds. The summed E-state index contributed by atoms with van der Waals surface area (Å²) in [6.45, 7) is 2.00. The summed E-state index contributed by atoms with van der Waals surface area (Å²) in [6, 6.07) is 21.7. The molecule has 0 aliphatic carbocycles. The third-order valence-electron chi connectivity index (χ3n) is 4.91. The lowest BCUT2D eigenvalue weighted by atomic mass is 10.1. The normalized spacial score (nSPS) is 10.9. The van der Waals surface area contributed by atoms with Gasteiger partial charge in [-0.05, 0) is 48.9 Å². The lowest BCUT2D eigenvalue weighted by Crippen LogP contribution is -2.31. The first-order valence-electron chi connectivity index (χ1n) is 10.1. The second-order valence-corrected chi connectivity index (χ2v) is 8.86. The number of para-hydroxylation sites is 2. The summed E-state index contributed by atoms with van der Waals surface area (Å²) in [5, 5.41) is 5.34. The molecular weight excluding hydrogens is 426 g/mol. The highest BCUT2D eigenvalue weighted by molar-refractivity contribution is 7.92. The largest absolute Gasteiger partial charge is 0.359 e. The van der Waals surface area contributed by atoms with Crippen LogP contribution in [0.4, 0.5) is 11.4 Å². The summed E-state index contributed by atoms with van der Waals surface area (Å²) >= 11 is 0. The van der Waals surface area contributed by atoms with E-state index in [2.05, 4.69) is 10.6 Å². The number of benzene rings is 3. The van der Waals surface area contributed by atoms with Gasteiger partial charge in [0, 0.05) is 24.8 Å². The summed E-state index contributed by atoms with van der Waals surface area (Å²) in [5.41, 5.74) is 1.90. The zero-order valence-corrected chi connectivity index (χ0v) is 18.7. The van der Waals surface area contributed by atoms with E-state index in [0.29, 0.717) is 16.9 Å². The van der Waals surface area contributed by atoms with Crippen molar-refractivity contribution in [2.24, 2.45) is 0 Å². The number of rotatable bonds is 8. The van der Waals surface area contributed by atoms with Gasteiger partial charge in [-0.25, -0.2) is 8.42 Å². The van der Waals surface area contributed by atoms with Crippen molar-refractivity contribution in [1.82, 2.24) is 5.32 Å². The fourth-order valence-electron chi connectivity index (χ4n) is 3.26. The first kappa shape index (κ1) is 23.0. The molecule has 0 unspecified atom stereocenters. The average Bonchev–Trinajstić information content (AvgIpc) is 2.81. The number of anilines is 2. The van der Waals surface area contributed by atoms with Crippen LogP contribution in [0.3, 0.4) is 0 Å². The van der Waals surface area contributed by atoms with Gasteiger partial charge in [-0.1, -0.05) is 42.5 Å². The molecule has 0 aromatic heterocycles. The number of hydrogen-bond acceptors (Lipinski definition) is 4. The Hall–Kier alpha value is -3.65. The Balaban J connectivity index is 1.88. The number of carbonyl (C=O) groups excluding carboxylic acids is 2. The standard InChI is InChI=1S/C24H25N3O4S/c1-3-27(20-12-5-4-6-13-20)32(30,31)21-14-9-11-19(16-21)24(29)26-22-15-8-7-10-18(22)17-23(28)25-2/h4-16H,3,17H2,1-2H3,(H,25,28)(H,26,29). The monoisotopic (exact) mass is 451 g/mol. The van der Waals surface area contributed by atoms with E-state index in [1.54, 1.807) is 68.6 Å². The number of likely N-dealkylation sites (N-methyl/N-ethyl adjacent to an activating group) is 1. The minimum Gasteiger partial charge on any atom is -0.359 e. The summed E-state index contributed by atoms with van der Waals surface area (Å²) in [4.78, 5) is 24.7. The van der Waals surface area contributed by atoms with Crippen molar-refractivity contribution >= 4 is 33.2 Å². The Kier molecular flexibility index (Phi) is 7.27. The van der Waals surface area contributed by atoms with Gasteiger partial charge < -0.3 is 10.6 Å². The van der Waals surface area contributed by atoms with Crippen LogP contribution in [0.1, 0.15) is 22.8 Å². The van der Waals surface area contributed by atoms with Crippen LogP contribution < -0.4 is 14.9 Å². The van der Waals surface area contributed by atoms with E-state index in [1.165, 1.54) is 22.5 Å². The van der Waals surface area contributed by atoms with Crippen LogP contribution in [0.25, 0.3) is 0 Å². The predicted octanol–water partition coefficient (Wildman–Crippen LogP) is 3.44. The summed E-state index contributed by atoms with van der Waals surface area (Å²) in [6.07, 6.45) is 0.115. The maximum absolute atomic E-state index is 13.3. The molecule has 8 heteroatoms. The number of nitrogens with one attached hydrogen (secondary N) is 2. The molecule has 0 spiro atoms. The Labute approximate surface area is 188 Å². The first-order chi connectivity index (χ1) is 15.4. The van der Waals surface area contributed by atoms with Crippen molar-refractivity contribution < 1.29 is 18.0 Å². The molecule has 0 aliphatic rings. The van der Waals surface area contributed by atoms with Crippen molar-refractivity contribution in [3.05, 3.63) is 90.0 Å². The summed E-state index contributed by atoms with van der Waals surface area (Å²) < 4.78 is 27.8. The highest BCUT2D eigenvalue weighted by Crippen LogP contribution is 2.24. The van der Waals surface area contributed by atoms with E-state index in [4.69, 9.17) is 0 Å². The number of amides is 2. The second kappa shape index (κ2) is 10.1. The van der Waals surface area contributed by atoms with Crippen molar-refractivity contribution in [2.45, 2.75) is 18.2 Å². The Morgan fingerprint density at radius 2 is 1.59 bits per heavy atom. The van der Waals surface area contributed by atoms with E-state index in [1.807, 2.05) is 6.07 Å². The maximum atomic E-state index is 13.3. The molecule has 0 radical (unpaired) electrons. The van der Waals surface area contributed by atoms with Crippen molar-refractivity contribution in [3.63, 3.8) is 0 Å². The molecule has 3 aromatic rings. The SMILES string of the molecule is CCN(c1ccccc1)S(=O)(=O)c1cccc(C(=O)Nc2ccccc2CC(=O)NC)c1. The molecule has 32 heavy (non-hydrogen) atoms. The van der Waals surface area contributed by atoms with Gasteiger partial charge in [-0.2, -0.15) is 0 Å². The number of hydrogen-bond donors (Lipinski definition) is 2. The fourth-order valence-corrected chi connectivity index (χ4v) is 4.78. The van der Waals surface area contributed by atoms with E-state index < -0.39 is 15.9 Å². The first-order valence-corrected chi connectivity index (χ1v) is 11.6. The highest BCUT2D eigenvalue weighted by Gasteiger charge is 2.24. The molecular formula is C24H25N3O4S. The van der Waals surface area contributed by atoms with E-state index >= 15 is 0 Å². The van der Waals surface area contributed by atoms with Crippen molar-refractivity contribution in [2.75, 3.05) is 23.2 Å². The second-order valence-electron chi connectivity index (χ2n) is 6.99. The molecule has 0 fully saturated rings. The van der Waals surface area contributed by atoms with Crippen LogP contribution in [0.2, 0.25) is 0 Å². The molecule has 3 aromatic carbocycles. The maximum Gasteiger partial charge on any atom is 0.264 e. The van der Waals surface area contributed by atoms with Gasteiger partial charge in [0.05, 0.1) is 17.0 Å². The van der Waals surface area contributed by atoms with Gasteiger partial charge in [0.1, 0.15) is 0 Å². The molecule has 0 bridgehead atoms.